The SMILES string of the molecule is CC(C)(C)OC(=O)N1CCN(c2c(N)cnn2C2COC2)C2CC21. The van der Waals surface area contributed by atoms with Crippen molar-refractivity contribution in [3.8, 4) is 0 Å². The maximum atomic E-state index is 12.4. The van der Waals surface area contributed by atoms with Gasteiger partial charge in [-0.15, -0.1) is 0 Å². The van der Waals surface area contributed by atoms with Gasteiger partial charge in [-0.3, -0.25) is 0 Å². The second-order valence-electron chi connectivity index (χ2n) is 7.80. The molecule has 1 aliphatic carbocycles. The average molecular weight is 335 g/mol. The van der Waals surface area contributed by atoms with Crippen molar-refractivity contribution in [2.45, 2.75) is 50.9 Å². The molecule has 2 atom stereocenters. The summed E-state index contributed by atoms with van der Waals surface area (Å²) in [5.74, 6) is 0.972. The number of hydrogen-bond acceptors (Lipinski definition) is 6. The maximum Gasteiger partial charge on any atom is 0.410 e. The fourth-order valence-electron chi connectivity index (χ4n) is 3.49. The van der Waals surface area contributed by atoms with Gasteiger partial charge in [-0.05, 0) is 27.2 Å². The first-order valence-corrected chi connectivity index (χ1v) is 8.52. The predicted molar refractivity (Wildman–Crippen MR) is 89.0 cm³/mol. The molecule has 2 aliphatic heterocycles. The van der Waals surface area contributed by atoms with Crippen molar-refractivity contribution in [3.63, 3.8) is 0 Å². The van der Waals surface area contributed by atoms with E-state index in [0.717, 1.165) is 18.8 Å². The molecule has 0 spiro atoms. The molecule has 0 radical (unpaired) electrons. The zero-order valence-electron chi connectivity index (χ0n) is 14.4. The van der Waals surface area contributed by atoms with Crippen molar-refractivity contribution in [1.29, 1.82) is 0 Å². The van der Waals surface area contributed by atoms with Crippen LogP contribution in [0, 0.1) is 0 Å². The molecule has 4 rings (SSSR count). The van der Waals surface area contributed by atoms with Gasteiger partial charge in [0.05, 0.1) is 37.2 Å². The standard InChI is InChI=1S/C16H25N5O3/c1-16(2,3)24-15(22)20-5-4-19(12-6-13(12)20)14-11(17)7-18-21(14)10-8-23-9-10/h7,10,12-13H,4-6,8-9,17H2,1-3H3. The summed E-state index contributed by atoms with van der Waals surface area (Å²) in [4.78, 5) is 16.5. The van der Waals surface area contributed by atoms with E-state index in [-0.39, 0.29) is 18.2 Å². The number of carbonyl (C=O) groups is 1. The van der Waals surface area contributed by atoms with E-state index in [1.807, 2.05) is 30.4 Å². The van der Waals surface area contributed by atoms with E-state index in [1.165, 1.54) is 0 Å². The van der Waals surface area contributed by atoms with Crippen molar-refractivity contribution < 1.29 is 14.3 Å². The van der Waals surface area contributed by atoms with Crippen molar-refractivity contribution >= 4 is 17.6 Å². The van der Waals surface area contributed by atoms with Crippen LogP contribution in [0.4, 0.5) is 16.3 Å². The quantitative estimate of drug-likeness (QED) is 0.875. The van der Waals surface area contributed by atoms with Gasteiger partial charge in [0.2, 0.25) is 0 Å². The smallest absolute Gasteiger partial charge is 0.410 e. The van der Waals surface area contributed by atoms with Crippen LogP contribution in [0.25, 0.3) is 0 Å². The molecule has 2 N–H and O–H groups in total. The zero-order valence-corrected chi connectivity index (χ0v) is 14.4. The zero-order chi connectivity index (χ0) is 17.1. The van der Waals surface area contributed by atoms with Gasteiger partial charge in [0, 0.05) is 13.1 Å². The van der Waals surface area contributed by atoms with Crippen LogP contribution >= 0.6 is 0 Å². The highest BCUT2D eigenvalue weighted by atomic mass is 16.6. The van der Waals surface area contributed by atoms with Crippen molar-refractivity contribution in [2.75, 3.05) is 36.9 Å². The molecule has 1 amide bonds. The topological polar surface area (TPSA) is 85.9 Å². The lowest BCUT2D eigenvalue weighted by Crippen LogP contribution is -2.51. The van der Waals surface area contributed by atoms with E-state index in [1.54, 1.807) is 6.20 Å². The first-order valence-electron chi connectivity index (χ1n) is 8.52. The molecule has 3 aliphatic rings. The number of fused-ring (bicyclic) bond motifs is 1. The predicted octanol–water partition coefficient (Wildman–Crippen LogP) is 1.23. The summed E-state index contributed by atoms with van der Waals surface area (Å²) in [6.07, 6.45) is 2.44. The highest BCUT2D eigenvalue weighted by Crippen LogP contribution is 2.42. The third-order valence-corrected chi connectivity index (χ3v) is 4.77. The summed E-state index contributed by atoms with van der Waals surface area (Å²) < 4.78 is 12.8. The average Bonchev–Trinajstić information content (AvgIpc) is 3.13. The molecule has 132 valence electrons. The fraction of sp³-hybridized carbons (Fsp3) is 0.750. The second kappa shape index (κ2) is 5.27. The van der Waals surface area contributed by atoms with Crippen molar-refractivity contribution in [2.24, 2.45) is 0 Å². The Labute approximate surface area is 141 Å². The molecule has 3 heterocycles. The molecule has 8 nitrogen and oxygen atoms in total. The van der Waals surface area contributed by atoms with Gasteiger partial charge < -0.3 is 25.0 Å². The van der Waals surface area contributed by atoms with Gasteiger partial charge in [-0.2, -0.15) is 5.10 Å². The van der Waals surface area contributed by atoms with E-state index in [9.17, 15) is 4.79 Å². The van der Waals surface area contributed by atoms with Crippen LogP contribution in [0.1, 0.15) is 33.2 Å². The number of carbonyl (C=O) groups excluding carboxylic acids is 1. The van der Waals surface area contributed by atoms with Gasteiger partial charge in [0.1, 0.15) is 11.6 Å². The Balaban J connectivity index is 1.49. The number of piperazine rings is 1. The van der Waals surface area contributed by atoms with E-state index in [2.05, 4.69) is 10.00 Å². The van der Waals surface area contributed by atoms with Gasteiger partial charge >= 0.3 is 6.09 Å². The molecule has 1 aromatic rings. The first kappa shape index (κ1) is 15.6. The highest BCUT2D eigenvalue weighted by molar-refractivity contribution is 5.72. The Morgan fingerprint density at radius 1 is 1.33 bits per heavy atom. The minimum absolute atomic E-state index is 0.203. The number of amides is 1. The monoisotopic (exact) mass is 335 g/mol. The van der Waals surface area contributed by atoms with E-state index in [4.69, 9.17) is 15.2 Å². The summed E-state index contributed by atoms with van der Waals surface area (Å²) in [5, 5.41) is 4.43. The van der Waals surface area contributed by atoms with Crippen LogP contribution in [0.3, 0.4) is 0 Å². The van der Waals surface area contributed by atoms with Gasteiger partial charge in [0.25, 0.3) is 0 Å². The number of nitrogens with zero attached hydrogens (tertiary/aromatic N) is 4. The first-order chi connectivity index (χ1) is 11.3. The summed E-state index contributed by atoms with van der Waals surface area (Å²) in [7, 11) is 0. The molecule has 2 unspecified atom stereocenters. The largest absolute Gasteiger partial charge is 0.444 e. The number of anilines is 2. The molecule has 0 bridgehead atoms. The lowest BCUT2D eigenvalue weighted by atomic mass is 10.2. The molecule has 2 saturated heterocycles. The molecule has 1 saturated carbocycles. The summed E-state index contributed by atoms with van der Waals surface area (Å²) in [5.41, 5.74) is 6.40. The number of rotatable bonds is 2. The molecule has 1 aromatic heterocycles. The number of nitrogen functional groups attached to an aromatic ring is 1. The van der Waals surface area contributed by atoms with Crippen LogP contribution in [0.2, 0.25) is 0 Å². The third kappa shape index (κ3) is 2.58. The van der Waals surface area contributed by atoms with E-state index in [0.29, 0.717) is 31.5 Å². The fourth-order valence-corrected chi connectivity index (χ4v) is 3.49. The lowest BCUT2D eigenvalue weighted by Gasteiger charge is -2.38. The molecular formula is C16H25N5O3. The lowest BCUT2D eigenvalue weighted by molar-refractivity contribution is -0.0281. The van der Waals surface area contributed by atoms with Gasteiger partial charge in [0.15, 0.2) is 5.82 Å². The number of aromatic nitrogens is 2. The Hall–Kier alpha value is -1.96. The Kier molecular flexibility index (Phi) is 3.42. The Morgan fingerprint density at radius 3 is 2.71 bits per heavy atom. The second-order valence-corrected chi connectivity index (χ2v) is 7.80. The summed E-state index contributed by atoms with van der Waals surface area (Å²) >= 11 is 0. The maximum absolute atomic E-state index is 12.4. The third-order valence-electron chi connectivity index (χ3n) is 4.77. The molecule has 24 heavy (non-hydrogen) atoms. The summed E-state index contributed by atoms with van der Waals surface area (Å²) in [6, 6.07) is 0.761. The van der Waals surface area contributed by atoms with E-state index < -0.39 is 5.60 Å². The molecular weight excluding hydrogens is 310 g/mol. The van der Waals surface area contributed by atoms with Crippen LogP contribution in [-0.4, -0.2) is 64.8 Å². The molecule has 3 fully saturated rings. The number of nitrogens with two attached hydrogens (primary N) is 1. The minimum Gasteiger partial charge on any atom is -0.444 e. The minimum atomic E-state index is -0.466. The number of hydrogen-bond donors (Lipinski definition) is 1. The van der Waals surface area contributed by atoms with Crippen LogP contribution in [0.5, 0.6) is 0 Å². The van der Waals surface area contributed by atoms with Crippen LogP contribution in [-0.2, 0) is 9.47 Å². The molecule has 0 aromatic carbocycles. The molecule has 8 heteroatoms. The highest BCUT2D eigenvalue weighted by Gasteiger charge is 2.53. The van der Waals surface area contributed by atoms with Gasteiger partial charge in [-0.25, -0.2) is 9.48 Å². The van der Waals surface area contributed by atoms with Crippen LogP contribution < -0.4 is 10.6 Å². The van der Waals surface area contributed by atoms with Gasteiger partial charge in [-0.1, -0.05) is 0 Å². The Bertz CT molecular complexity index is 649. The van der Waals surface area contributed by atoms with Crippen LogP contribution in [0.15, 0.2) is 6.20 Å². The van der Waals surface area contributed by atoms with Crippen molar-refractivity contribution in [3.05, 3.63) is 6.20 Å². The Morgan fingerprint density at radius 2 is 2.08 bits per heavy atom. The van der Waals surface area contributed by atoms with E-state index >= 15 is 0 Å². The number of ether oxygens (including phenoxy) is 2. The normalized spacial score (nSPS) is 26.8. The summed E-state index contributed by atoms with van der Waals surface area (Å²) in [6.45, 7) is 8.42. The van der Waals surface area contributed by atoms with Crippen molar-refractivity contribution in [1.82, 2.24) is 14.7 Å².